The zero-order chi connectivity index (χ0) is 15.8. The lowest BCUT2D eigenvalue weighted by atomic mass is 10.1. The van der Waals surface area contributed by atoms with Crippen LogP contribution < -0.4 is 5.73 Å². The predicted octanol–water partition coefficient (Wildman–Crippen LogP) is 5.95. The van der Waals surface area contributed by atoms with Crippen LogP contribution in [0.4, 0.5) is 0 Å². The number of nitrogens with two attached hydrogens (primary N) is 1. The first-order valence-corrected chi connectivity index (χ1v) is 9.07. The molecule has 3 heteroatoms. The van der Waals surface area contributed by atoms with Gasteiger partial charge in [0, 0.05) is 10.1 Å². The molecule has 0 spiro atoms. The number of rotatable bonds is 9. The molecule has 0 amide bonds. The Balaban J connectivity index is 1.91. The van der Waals surface area contributed by atoms with Crippen molar-refractivity contribution in [2.24, 2.45) is 5.73 Å². The average Bonchev–Trinajstić information content (AvgIpc) is 2.95. The maximum absolute atomic E-state index is 7.57. The quantitative estimate of drug-likeness (QED) is 0.335. The van der Waals surface area contributed by atoms with Crippen LogP contribution in [-0.4, -0.2) is 5.84 Å². The van der Waals surface area contributed by atoms with Crippen LogP contribution in [0, 0.1) is 5.41 Å². The van der Waals surface area contributed by atoms with Crippen molar-refractivity contribution in [1.29, 1.82) is 5.41 Å². The van der Waals surface area contributed by atoms with Gasteiger partial charge in [-0.3, -0.25) is 5.41 Å². The highest BCUT2D eigenvalue weighted by Crippen LogP contribution is 2.29. The summed E-state index contributed by atoms with van der Waals surface area (Å²) in [7, 11) is 0. The molecule has 0 radical (unpaired) electrons. The third-order valence-corrected chi connectivity index (χ3v) is 5.02. The topological polar surface area (TPSA) is 49.9 Å². The van der Waals surface area contributed by atoms with E-state index in [1.807, 2.05) is 6.07 Å². The third-order valence-electron chi connectivity index (χ3n) is 3.88. The average molecular weight is 314 g/mol. The van der Waals surface area contributed by atoms with Crippen molar-refractivity contribution in [2.45, 2.75) is 51.9 Å². The maximum atomic E-state index is 7.57. The molecule has 1 aromatic carbocycles. The molecular formula is C19H26N2S. The van der Waals surface area contributed by atoms with Gasteiger partial charge in [0.25, 0.3) is 0 Å². The lowest BCUT2D eigenvalue weighted by Crippen LogP contribution is -2.08. The minimum atomic E-state index is 0.156. The second-order valence-corrected chi connectivity index (χ2v) is 6.83. The van der Waals surface area contributed by atoms with E-state index in [1.54, 1.807) is 11.3 Å². The van der Waals surface area contributed by atoms with Crippen molar-refractivity contribution in [3.63, 3.8) is 0 Å². The highest BCUT2D eigenvalue weighted by Gasteiger charge is 2.06. The molecule has 0 bridgehead atoms. The van der Waals surface area contributed by atoms with Gasteiger partial charge in [-0.2, -0.15) is 0 Å². The summed E-state index contributed by atoms with van der Waals surface area (Å²) in [5, 5.41) is 8.78. The number of allylic oxidation sites excluding steroid dienone is 1. The van der Waals surface area contributed by atoms with E-state index in [2.05, 4.69) is 37.3 Å². The fourth-order valence-corrected chi connectivity index (χ4v) is 3.57. The summed E-state index contributed by atoms with van der Waals surface area (Å²) < 4.78 is 1.20. The second-order valence-electron chi connectivity index (χ2n) is 5.74. The Hall–Kier alpha value is -1.61. The van der Waals surface area contributed by atoms with Crippen LogP contribution in [-0.2, 0) is 0 Å². The zero-order valence-corrected chi connectivity index (χ0v) is 14.2. The minimum Gasteiger partial charge on any atom is -0.383 e. The van der Waals surface area contributed by atoms with E-state index in [4.69, 9.17) is 11.1 Å². The molecule has 118 valence electrons. The Bertz CT molecular complexity index is 640. The number of fused-ring (bicyclic) bond motifs is 1. The zero-order valence-electron chi connectivity index (χ0n) is 13.4. The monoisotopic (exact) mass is 314 g/mol. The Kier molecular flexibility index (Phi) is 6.66. The smallest absolute Gasteiger partial charge is 0.133 e. The van der Waals surface area contributed by atoms with Gasteiger partial charge in [-0.05, 0) is 30.5 Å². The van der Waals surface area contributed by atoms with E-state index < -0.39 is 0 Å². The Morgan fingerprint density at radius 1 is 1.18 bits per heavy atom. The summed E-state index contributed by atoms with van der Waals surface area (Å²) >= 11 is 1.59. The van der Waals surface area contributed by atoms with Crippen molar-refractivity contribution >= 4 is 33.3 Å². The van der Waals surface area contributed by atoms with E-state index in [-0.39, 0.29) is 5.84 Å². The molecule has 0 saturated heterocycles. The number of benzene rings is 1. The molecule has 2 rings (SSSR count). The molecule has 2 nitrogen and oxygen atoms in total. The molecule has 1 aromatic heterocycles. The molecule has 0 aliphatic heterocycles. The summed E-state index contributed by atoms with van der Waals surface area (Å²) in [5.41, 5.74) is 6.82. The normalized spacial score (nSPS) is 11.5. The summed E-state index contributed by atoms with van der Waals surface area (Å²) in [6.45, 7) is 2.26. The van der Waals surface area contributed by atoms with Crippen LogP contribution in [0.15, 0.2) is 30.3 Å². The lowest BCUT2D eigenvalue weighted by Gasteiger charge is -1.99. The van der Waals surface area contributed by atoms with E-state index in [0.29, 0.717) is 0 Å². The van der Waals surface area contributed by atoms with Gasteiger partial charge in [-0.1, -0.05) is 63.3 Å². The number of unbranched alkanes of at least 4 members (excludes halogenated alkanes) is 6. The summed E-state index contributed by atoms with van der Waals surface area (Å²) in [6.07, 6.45) is 13.7. The third kappa shape index (κ3) is 4.70. The number of thiophene rings is 1. The van der Waals surface area contributed by atoms with Gasteiger partial charge in [0.1, 0.15) is 5.84 Å². The molecule has 1 heterocycles. The molecule has 0 saturated carbocycles. The molecular weight excluding hydrogens is 288 g/mol. The Labute approximate surface area is 137 Å². The Morgan fingerprint density at radius 3 is 2.73 bits per heavy atom. The predicted molar refractivity (Wildman–Crippen MR) is 99.9 cm³/mol. The molecule has 2 aromatic rings. The SMILES string of the molecule is CCCCCCCC/C=C/c1cccc2sc(C(=N)N)cc12. The van der Waals surface area contributed by atoms with Crippen molar-refractivity contribution in [3.8, 4) is 0 Å². The van der Waals surface area contributed by atoms with Gasteiger partial charge < -0.3 is 5.73 Å². The largest absolute Gasteiger partial charge is 0.383 e. The number of nitrogen functional groups attached to an aromatic ring is 1. The Morgan fingerprint density at radius 2 is 1.95 bits per heavy atom. The van der Waals surface area contributed by atoms with E-state index in [1.165, 1.54) is 54.2 Å². The van der Waals surface area contributed by atoms with Crippen LogP contribution in [0.2, 0.25) is 0 Å². The van der Waals surface area contributed by atoms with E-state index in [0.717, 1.165) is 11.3 Å². The van der Waals surface area contributed by atoms with Gasteiger partial charge >= 0.3 is 0 Å². The van der Waals surface area contributed by atoms with Crippen molar-refractivity contribution in [3.05, 3.63) is 40.8 Å². The van der Waals surface area contributed by atoms with Crippen LogP contribution >= 0.6 is 11.3 Å². The minimum absolute atomic E-state index is 0.156. The van der Waals surface area contributed by atoms with Crippen LogP contribution in [0.5, 0.6) is 0 Å². The number of hydrogen-bond acceptors (Lipinski definition) is 2. The van der Waals surface area contributed by atoms with Crippen molar-refractivity contribution < 1.29 is 0 Å². The fraction of sp³-hybridized carbons (Fsp3) is 0.421. The van der Waals surface area contributed by atoms with Gasteiger partial charge in [0.05, 0.1) is 4.88 Å². The summed E-state index contributed by atoms with van der Waals surface area (Å²) in [6, 6.07) is 8.34. The number of hydrogen-bond donors (Lipinski definition) is 2. The fourth-order valence-electron chi connectivity index (χ4n) is 2.61. The van der Waals surface area contributed by atoms with E-state index >= 15 is 0 Å². The molecule has 0 unspecified atom stereocenters. The molecule has 0 aliphatic rings. The standard InChI is InChI=1S/C19H26N2S/c1-2-3-4-5-6-7-8-9-11-15-12-10-13-17-16(15)14-18(22-17)19(20)21/h9-14H,2-8H2,1H3,(H3,20,21)/b11-9+. The molecule has 22 heavy (non-hydrogen) atoms. The molecule has 0 atom stereocenters. The van der Waals surface area contributed by atoms with Gasteiger partial charge in [0.2, 0.25) is 0 Å². The van der Waals surface area contributed by atoms with Crippen LogP contribution in [0.1, 0.15) is 62.3 Å². The van der Waals surface area contributed by atoms with Crippen LogP contribution in [0.25, 0.3) is 16.2 Å². The number of amidine groups is 1. The summed E-state index contributed by atoms with van der Waals surface area (Å²) in [5.74, 6) is 0.156. The van der Waals surface area contributed by atoms with Gasteiger partial charge in [0.15, 0.2) is 0 Å². The lowest BCUT2D eigenvalue weighted by molar-refractivity contribution is 0.611. The first-order valence-electron chi connectivity index (χ1n) is 8.26. The first kappa shape index (κ1) is 16.8. The summed E-state index contributed by atoms with van der Waals surface area (Å²) in [4.78, 5) is 0.853. The van der Waals surface area contributed by atoms with Crippen molar-refractivity contribution in [2.75, 3.05) is 0 Å². The molecule has 0 aliphatic carbocycles. The highest BCUT2D eigenvalue weighted by molar-refractivity contribution is 7.20. The maximum Gasteiger partial charge on any atom is 0.133 e. The first-order chi connectivity index (χ1) is 10.7. The van der Waals surface area contributed by atoms with Crippen molar-refractivity contribution in [1.82, 2.24) is 0 Å². The highest BCUT2D eigenvalue weighted by atomic mass is 32.1. The van der Waals surface area contributed by atoms with Crippen LogP contribution in [0.3, 0.4) is 0 Å². The second kappa shape index (κ2) is 8.74. The van der Waals surface area contributed by atoms with Gasteiger partial charge in [-0.25, -0.2) is 0 Å². The molecule has 3 N–H and O–H groups in total. The van der Waals surface area contributed by atoms with E-state index in [9.17, 15) is 0 Å². The van der Waals surface area contributed by atoms with Gasteiger partial charge in [-0.15, -0.1) is 11.3 Å². The number of nitrogens with one attached hydrogen (secondary N) is 1. The molecule has 0 fully saturated rings.